The zero-order valence-electron chi connectivity index (χ0n) is 2.29. The summed E-state index contributed by atoms with van der Waals surface area (Å²) in [5, 5.41) is 0. The Kier molecular flexibility index (Phi) is 258. The molecule has 0 nitrogen and oxygen atoms in total. The predicted octanol–water partition coefficient (Wildman–Crippen LogP) is -0.391. The molecule has 0 aliphatic carbocycles. The molecule has 0 heterocycles. The van der Waals surface area contributed by atoms with Gasteiger partial charge in [0, 0.05) is 92.1 Å². The van der Waals surface area contributed by atoms with Crippen molar-refractivity contribution in [3.05, 3.63) is 0 Å². The van der Waals surface area contributed by atoms with Gasteiger partial charge in [-0.25, -0.2) is 0 Å². The van der Waals surface area contributed by atoms with Crippen LogP contribution in [0.2, 0.25) is 0 Å². The molecule has 0 aliphatic heterocycles. The summed E-state index contributed by atoms with van der Waals surface area (Å²) in [4.78, 5) is 0. The molecule has 0 aromatic rings. The van der Waals surface area contributed by atoms with Crippen molar-refractivity contribution in [2.45, 2.75) is 0 Å². The summed E-state index contributed by atoms with van der Waals surface area (Å²) in [5.41, 5.74) is 0. The first-order valence-corrected chi connectivity index (χ1v) is 0. The fraction of sp³-hybridized carbons (Fsp3) is 0. The van der Waals surface area contributed by atoms with Gasteiger partial charge in [-0.2, -0.15) is 0 Å². The first-order chi connectivity index (χ1) is 0. The van der Waals surface area contributed by atoms with E-state index in [1.807, 2.05) is 0 Å². The first kappa shape index (κ1) is 44.9. The fourth-order valence-corrected chi connectivity index (χ4v) is 0. The van der Waals surface area contributed by atoms with E-state index in [-0.39, 0.29) is 92.1 Å². The molecule has 26 valence electrons. The van der Waals surface area contributed by atoms with E-state index in [4.69, 9.17) is 0 Å². The quantitative estimate of drug-likeness (QED) is 0.500. The minimum absolute atomic E-state index is 0. The molecule has 0 unspecified atom stereocenters. The third kappa shape index (κ3) is 19.7. The summed E-state index contributed by atoms with van der Waals surface area (Å²) in [7, 11) is 0. The Bertz CT molecular complexity index is 11.6. The minimum atomic E-state index is 0. The van der Waals surface area contributed by atoms with Crippen LogP contribution in [-0.4, -0.2) is 17.4 Å². The Hall–Kier alpha value is 2.88. The standard InChI is InChI=1S/Al.Cr.Fe.Ti.V. The molecular formula is AlCrFeTiV. The molecule has 0 amide bonds. The van der Waals surface area contributed by atoms with E-state index in [0.29, 0.717) is 0 Å². The largest absolute Gasteiger partial charge is 0 e. The zero-order valence-corrected chi connectivity index (χ0v) is 8.78. The van der Waals surface area contributed by atoms with Gasteiger partial charge in [0.15, 0.2) is 0 Å². The minimum Gasteiger partial charge on any atom is 0 e. The van der Waals surface area contributed by atoms with Gasteiger partial charge in [-0.05, 0) is 0 Å². The van der Waals surface area contributed by atoms with Crippen molar-refractivity contribution >= 4 is 17.4 Å². The van der Waals surface area contributed by atoms with Crippen LogP contribution >= 0.6 is 0 Å². The summed E-state index contributed by atoms with van der Waals surface area (Å²) in [6, 6.07) is 0. The molecule has 0 atom stereocenters. The van der Waals surface area contributed by atoms with E-state index in [2.05, 4.69) is 0 Å². The summed E-state index contributed by atoms with van der Waals surface area (Å²) < 4.78 is 0. The summed E-state index contributed by atoms with van der Waals surface area (Å²) in [6.45, 7) is 0. The first-order valence-electron chi connectivity index (χ1n) is 0. The van der Waals surface area contributed by atoms with Crippen LogP contribution in [-0.2, 0) is 74.7 Å². The number of hydrogen-bond donors (Lipinski definition) is 0. The van der Waals surface area contributed by atoms with Gasteiger partial charge in [0.1, 0.15) is 0 Å². The van der Waals surface area contributed by atoms with Crippen LogP contribution in [0.25, 0.3) is 0 Å². The van der Waals surface area contributed by atoms with Gasteiger partial charge in [0.2, 0.25) is 0 Å². The molecule has 0 aromatic heterocycles. The SMILES string of the molecule is [Al].[Cr].[Fe].[Ti].[V]. The number of hydrogen-bond acceptors (Lipinski definition) is 0. The Morgan fingerprint density at radius 3 is 1.00 bits per heavy atom. The fourth-order valence-electron chi connectivity index (χ4n) is 0. The van der Waals surface area contributed by atoms with Gasteiger partial charge in [0.25, 0.3) is 0 Å². The Morgan fingerprint density at radius 1 is 1.00 bits per heavy atom. The number of rotatable bonds is 0. The molecule has 0 spiro atoms. The van der Waals surface area contributed by atoms with Gasteiger partial charge in [-0.1, -0.05) is 0 Å². The molecule has 0 aromatic carbocycles. The monoisotopic (exact) mass is 234 g/mol. The van der Waals surface area contributed by atoms with Crippen LogP contribution < -0.4 is 0 Å². The van der Waals surface area contributed by atoms with Crippen LogP contribution in [0.5, 0.6) is 0 Å². The second-order valence-electron chi connectivity index (χ2n) is 0. The molecule has 0 aliphatic rings. The van der Waals surface area contributed by atoms with Crippen LogP contribution in [0.15, 0.2) is 0 Å². The normalized spacial score (nSPS) is 0. The molecule has 4 radical (unpaired) electrons. The van der Waals surface area contributed by atoms with Gasteiger partial charge >= 0.3 is 0 Å². The van der Waals surface area contributed by atoms with E-state index < -0.39 is 0 Å². The Labute approximate surface area is 90.7 Å². The second-order valence-corrected chi connectivity index (χ2v) is 0. The summed E-state index contributed by atoms with van der Waals surface area (Å²) in [6.07, 6.45) is 0. The molecular weight excluding hydrogens is 234 g/mol. The van der Waals surface area contributed by atoms with Crippen molar-refractivity contribution in [3.63, 3.8) is 0 Å². The summed E-state index contributed by atoms with van der Waals surface area (Å²) >= 11 is 0. The van der Waals surface area contributed by atoms with Crippen LogP contribution in [0.4, 0.5) is 0 Å². The summed E-state index contributed by atoms with van der Waals surface area (Å²) in [5.74, 6) is 0. The average Bonchev–Trinajstić information content (AvgIpc) is 0. The van der Waals surface area contributed by atoms with Gasteiger partial charge in [-0.15, -0.1) is 0 Å². The van der Waals surface area contributed by atoms with Crippen molar-refractivity contribution in [1.29, 1.82) is 0 Å². The molecule has 5 heteroatoms. The molecule has 0 rings (SSSR count). The van der Waals surface area contributed by atoms with E-state index in [9.17, 15) is 0 Å². The molecule has 0 bridgehead atoms. The maximum atomic E-state index is 0. The topological polar surface area (TPSA) is 0 Å². The average molecular weight is 234 g/mol. The van der Waals surface area contributed by atoms with E-state index in [1.54, 1.807) is 0 Å². The van der Waals surface area contributed by atoms with E-state index in [1.165, 1.54) is 0 Å². The molecule has 5 heavy (non-hydrogen) atoms. The molecule has 0 saturated heterocycles. The van der Waals surface area contributed by atoms with Gasteiger partial charge in [-0.3, -0.25) is 0 Å². The van der Waals surface area contributed by atoms with Crippen LogP contribution in [0, 0.1) is 0 Å². The van der Waals surface area contributed by atoms with Gasteiger partial charge < -0.3 is 0 Å². The van der Waals surface area contributed by atoms with Crippen molar-refractivity contribution in [2.24, 2.45) is 0 Å². The third-order valence-electron chi connectivity index (χ3n) is 0. The molecule has 0 saturated carbocycles. The van der Waals surface area contributed by atoms with Crippen molar-refractivity contribution in [1.82, 2.24) is 0 Å². The van der Waals surface area contributed by atoms with E-state index >= 15 is 0 Å². The second kappa shape index (κ2) is 28.7. The van der Waals surface area contributed by atoms with Gasteiger partial charge in [0.05, 0.1) is 0 Å². The van der Waals surface area contributed by atoms with Crippen molar-refractivity contribution < 1.29 is 74.7 Å². The Morgan fingerprint density at radius 2 is 1.00 bits per heavy atom. The third-order valence-corrected chi connectivity index (χ3v) is 0. The maximum Gasteiger partial charge on any atom is 0 e. The van der Waals surface area contributed by atoms with Crippen LogP contribution in [0.3, 0.4) is 0 Å². The van der Waals surface area contributed by atoms with Crippen LogP contribution in [0.1, 0.15) is 0 Å². The van der Waals surface area contributed by atoms with Crippen molar-refractivity contribution in [2.75, 3.05) is 0 Å². The predicted molar refractivity (Wildman–Crippen MR) is 5.75 cm³/mol. The zero-order chi connectivity index (χ0) is 0. The maximum absolute atomic E-state index is 0. The molecule has 0 N–H and O–H groups in total. The Balaban J connectivity index is 0. The molecule has 0 fully saturated rings. The van der Waals surface area contributed by atoms with E-state index in [0.717, 1.165) is 0 Å². The smallest absolute Gasteiger partial charge is 0 e. The van der Waals surface area contributed by atoms with Crippen molar-refractivity contribution in [3.8, 4) is 0 Å².